The lowest BCUT2D eigenvalue weighted by molar-refractivity contribution is -0.121. The van der Waals surface area contributed by atoms with Gasteiger partial charge in [0, 0.05) is 12.7 Å². The number of benzene rings is 1. The van der Waals surface area contributed by atoms with E-state index in [4.69, 9.17) is 9.84 Å². The second kappa shape index (κ2) is 5.54. The number of ether oxygens (including phenoxy) is 1. The topological polar surface area (TPSA) is 75.6 Å². The molecule has 0 aliphatic carbocycles. The standard InChI is InChI=1S/C13H13F2NO4/c1-6-7(2-3-20-6)12(17)16-11-4-8(13(18)19)9(14)5-10(11)15/h4-7H,2-3H2,1H3,(H,16,17)(H,18,19). The Bertz CT molecular complexity index is 562. The first kappa shape index (κ1) is 14.4. The predicted molar refractivity (Wildman–Crippen MR) is 65.5 cm³/mol. The van der Waals surface area contributed by atoms with Crippen LogP contribution in [0.15, 0.2) is 12.1 Å². The van der Waals surface area contributed by atoms with Crippen molar-refractivity contribution >= 4 is 17.6 Å². The molecule has 1 aromatic carbocycles. The van der Waals surface area contributed by atoms with Crippen molar-refractivity contribution in [3.63, 3.8) is 0 Å². The van der Waals surface area contributed by atoms with Crippen LogP contribution < -0.4 is 5.32 Å². The quantitative estimate of drug-likeness (QED) is 0.891. The van der Waals surface area contributed by atoms with E-state index < -0.39 is 35.0 Å². The molecule has 7 heteroatoms. The highest BCUT2D eigenvalue weighted by Crippen LogP contribution is 2.24. The molecule has 1 aromatic rings. The summed E-state index contributed by atoms with van der Waals surface area (Å²) in [6.07, 6.45) is 0.208. The van der Waals surface area contributed by atoms with Crippen molar-refractivity contribution < 1.29 is 28.2 Å². The number of carboxylic acids is 1. The summed E-state index contributed by atoms with van der Waals surface area (Å²) >= 11 is 0. The average molecular weight is 285 g/mol. The smallest absolute Gasteiger partial charge is 0.338 e. The normalized spacial score (nSPS) is 21.8. The van der Waals surface area contributed by atoms with Crippen molar-refractivity contribution in [2.45, 2.75) is 19.4 Å². The molecule has 1 aliphatic heterocycles. The van der Waals surface area contributed by atoms with Crippen LogP contribution in [0.5, 0.6) is 0 Å². The monoisotopic (exact) mass is 285 g/mol. The molecule has 20 heavy (non-hydrogen) atoms. The number of rotatable bonds is 3. The molecule has 0 aromatic heterocycles. The van der Waals surface area contributed by atoms with Crippen LogP contribution in [0.2, 0.25) is 0 Å². The van der Waals surface area contributed by atoms with Crippen molar-refractivity contribution in [3.05, 3.63) is 29.3 Å². The summed E-state index contributed by atoms with van der Waals surface area (Å²) in [7, 11) is 0. The van der Waals surface area contributed by atoms with E-state index in [0.717, 1.165) is 6.07 Å². The molecule has 0 bridgehead atoms. The molecule has 2 rings (SSSR count). The van der Waals surface area contributed by atoms with Gasteiger partial charge in [-0.05, 0) is 19.4 Å². The zero-order valence-corrected chi connectivity index (χ0v) is 10.7. The lowest BCUT2D eigenvalue weighted by Gasteiger charge is -2.15. The molecule has 1 heterocycles. The van der Waals surface area contributed by atoms with Crippen LogP contribution in [-0.4, -0.2) is 29.7 Å². The first-order valence-corrected chi connectivity index (χ1v) is 6.05. The van der Waals surface area contributed by atoms with Gasteiger partial charge in [0.05, 0.1) is 23.3 Å². The molecule has 1 fully saturated rings. The van der Waals surface area contributed by atoms with Crippen molar-refractivity contribution in [2.24, 2.45) is 5.92 Å². The van der Waals surface area contributed by atoms with Gasteiger partial charge in [-0.15, -0.1) is 0 Å². The first-order valence-electron chi connectivity index (χ1n) is 6.05. The molecule has 0 radical (unpaired) electrons. The number of anilines is 1. The number of aromatic carboxylic acids is 1. The SMILES string of the molecule is CC1OCCC1C(=O)Nc1cc(C(=O)O)c(F)cc1F. The van der Waals surface area contributed by atoms with E-state index in [1.54, 1.807) is 6.92 Å². The van der Waals surface area contributed by atoms with Crippen LogP contribution in [0.1, 0.15) is 23.7 Å². The second-order valence-electron chi connectivity index (χ2n) is 4.58. The zero-order chi connectivity index (χ0) is 14.9. The fourth-order valence-corrected chi connectivity index (χ4v) is 2.11. The van der Waals surface area contributed by atoms with E-state index in [9.17, 15) is 18.4 Å². The van der Waals surface area contributed by atoms with Gasteiger partial charge in [0.1, 0.15) is 11.6 Å². The number of carbonyl (C=O) groups excluding carboxylic acids is 1. The van der Waals surface area contributed by atoms with Crippen LogP contribution in [0.3, 0.4) is 0 Å². The lowest BCUT2D eigenvalue weighted by atomic mass is 10.0. The Labute approximate surface area is 113 Å². The fraction of sp³-hybridized carbons (Fsp3) is 0.385. The molecule has 2 unspecified atom stereocenters. The molecule has 0 saturated carbocycles. The first-order chi connectivity index (χ1) is 9.40. The van der Waals surface area contributed by atoms with Gasteiger partial charge in [-0.1, -0.05) is 0 Å². The molecule has 5 nitrogen and oxygen atoms in total. The Hall–Kier alpha value is -2.02. The molecule has 108 valence electrons. The number of amides is 1. The van der Waals surface area contributed by atoms with Crippen LogP contribution in [-0.2, 0) is 9.53 Å². The summed E-state index contributed by atoms with van der Waals surface area (Å²) in [5.74, 6) is -4.65. The summed E-state index contributed by atoms with van der Waals surface area (Å²) in [5, 5.41) is 11.1. The number of carboxylic acid groups (broad SMARTS) is 1. The van der Waals surface area contributed by atoms with Gasteiger partial charge in [0.25, 0.3) is 0 Å². The Balaban J connectivity index is 2.22. The molecule has 1 aliphatic rings. The predicted octanol–water partition coefficient (Wildman–Crippen LogP) is 2.03. The van der Waals surface area contributed by atoms with Gasteiger partial charge in [-0.3, -0.25) is 4.79 Å². The third kappa shape index (κ3) is 2.77. The maximum atomic E-state index is 13.6. The van der Waals surface area contributed by atoms with E-state index in [1.807, 2.05) is 0 Å². The van der Waals surface area contributed by atoms with Crippen LogP contribution in [0.25, 0.3) is 0 Å². The molecule has 1 amide bonds. The minimum atomic E-state index is -1.53. The number of hydrogen-bond donors (Lipinski definition) is 2. The highest BCUT2D eigenvalue weighted by molar-refractivity contribution is 5.95. The Morgan fingerprint density at radius 2 is 2.05 bits per heavy atom. The van der Waals surface area contributed by atoms with Crippen LogP contribution in [0.4, 0.5) is 14.5 Å². The van der Waals surface area contributed by atoms with Gasteiger partial charge in [0.15, 0.2) is 0 Å². The van der Waals surface area contributed by atoms with E-state index in [-0.39, 0.29) is 11.8 Å². The second-order valence-corrected chi connectivity index (χ2v) is 4.58. The number of carbonyl (C=O) groups is 2. The van der Waals surface area contributed by atoms with E-state index in [0.29, 0.717) is 19.1 Å². The number of hydrogen-bond acceptors (Lipinski definition) is 3. The number of halogens is 2. The van der Waals surface area contributed by atoms with Crippen molar-refractivity contribution in [1.29, 1.82) is 0 Å². The van der Waals surface area contributed by atoms with E-state index in [1.165, 1.54) is 0 Å². The summed E-state index contributed by atoms with van der Waals surface area (Å²) in [4.78, 5) is 22.7. The fourth-order valence-electron chi connectivity index (χ4n) is 2.11. The summed E-state index contributed by atoms with van der Waals surface area (Å²) < 4.78 is 32.0. The highest BCUT2D eigenvalue weighted by Gasteiger charge is 2.31. The summed E-state index contributed by atoms with van der Waals surface area (Å²) in [6.45, 7) is 2.16. The highest BCUT2D eigenvalue weighted by atomic mass is 19.1. The molecule has 2 N–H and O–H groups in total. The Kier molecular flexibility index (Phi) is 3.99. The van der Waals surface area contributed by atoms with Crippen molar-refractivity contribution in [3.8, 4) is 0 Å². The van der Waals surface area contributed by atoms with Crippen molar-refractivity contribution in [2.75, 3.05) is 11.9 Å². The molecular formula is C13H13F2NO4. The third-order valence-corrected chi connectivity index (χ3v) is 3.26. The van der Waals surface area contributed by atoms with Gasteiger partial charge in [0.2, 0.25) is 5.91 Å². The largest absolute Gasteiger partial charge is 0.478 e. The summed E-state index contributed by atoms with van der Waals surface area (Å²) in [5.41, 5.74) is -1.05. The zero-order valence-electron chi connectivity index (χ0n) is 10.7. The minimum Gasteiger partial charge on any atom is -0.478 e. The molecule has 0 spiro atoms. The Morgan fingerprint density at radius 3 is 2.60 bits per heavy atom. The number of nitrogens with one attached hydrogen (secondary N) is 1. The van der Waals surface area contributed by atoms with Crippen LogP contribution >= 0.6 is 0 Å². The van der Waals surface area contributed by atoms with Gasteiger partial charge in [-0.25, -0.2) is 13.6 Å². The molecule has 2 atom stereocenters. The van der Waals surface area contributed by atoms with Crippen LogP contribution in [0, 0.1) is 17.6 Å². The van der Waals surface area contributed by atoms with E-state index >= 15 is 0 Å². The maximum Gasteiger partial charge on any atom is 0.338 e. The minimum absolute atomic E-state index is 0.294. The molecular weight excluding hydrogens is 272 g/mol. The lowest BCUT2D eigenvalue weighted by Crippen LogP contribution is -2.28. The van der Waals surface area contributed by atoms with Crippen molar-refractivity contribution in [1.82, 2.24) is 0 Å². The average Bonchev–Trinajstić information content (AvgIpc) is 2.78. The van der Waals surface area contributed by atoms with Gasteiger partial charge >= 0.3 is 5.97 Å². The van der Waals surface area contributed by atoms with Gasteiger partial charge in [-0.2, -0.15) is 0 Å². The Morgan fingerprint density at radius 1 is 1.35 bits per heavy atom. The maximum absolute atomic E-state index is 13.6. The summed E-state index contributed by atoms with van der Waals surface area (Å²) in [6, 6.07) is 1.21. The van der Waals surface area contributed by atoms with E-state index in [2.05, 4.69) is 5.32 Å². The van der Waals surface area contributed by atoms with Gasteiger partial charge < -0.3 is 15.2 Å². The molecule has 1 saturated heterocycles. The third-order valence-electron chi connectivity index (χ3n) is 3.26.